The van der Waals surface area contributed by atoms with Crippen LogP contribution in [0.4, 0.5) is 0 Å². The van der Waals surface area contributed by atoms with Crippen molar-refractivity contribution >= 4 is 35.6 Å². The van der Waals surface area contributed by atoms with Crippen molar-refractivity contribution in [1.82, 2.24) is 16.0 Å². The predicted octanol–water partition coefficient (Wildman–Crippen LogP) is 3.12. The summed E-state index contributed by atoms with van der Waals surface area (Å²) in [7, 11) is 3.05. The number of nitrogens with one attached hydrogen (secondary N) is 3. The number of amides is 3. The van der Waals surface area contributed by atoms with Crippen LogP contribution in [0, 0.1) is 5.92 Å². The average Bonchev–Trinajstić information content (AvgIpc) is 3.09. The minimum Gasteiger partial charge on any atom is -0.497 e. The second kappa shape index (κ2) is 19.7. The van der Waals surface area contributed by atoms with Gasteiger partial charge in [-0.1, -0.05) is 62.4 Å². The SMILES string of the molecule is CCOC(=O)CNC(=O)C(=O)[C@H](COCc1ccccc1)NC(=O)[C@H](CC1CCCCC1)NC(=O)/C=C/c1cc(OC)ccc1OC. The zero-order chi connectivity index (χ0) is 34.0. The molecule has 3 rings (SSSR count). The number of ether oxygens (including phenoxy) is 4. The van der Waals surface area contributed by atoms with Crippen LogP contribution in [0.5, 0.6) is 11.5 Å². The number of methoxy groups -OCH3 is 2. The molecular weight excluding hydrogens is 606 g/mol. The summed E-state index contributed by atoms with van der Waals surface area (Å²) in [5.41, 5.74) is 1.43. The number of carbonyl (C=O) groups is 5. The van der Waals surface area contributed by atoms with Gasteiger partial charge in [0.25, 0.3) is 5.91 Å². The summed E-state index contributed by atoms with van der Waals surface area (Å²) in [6.07, 6.45) is 8.20. The monoisotopic (exact) mass is 651 g/mol. The summed E-state index contributed by atoms with van der Waals surface area (Å²) in [6, 6.07) is 12.0. The van der Waals surface area contributed by atoms with Crippen molar-refractivity contribution in [3.8, 4) is 11.5 Å². The quantitative estimate of drug-likeness (QED) is 0.125. The molecule has 1 saturated carbocycles. The van der Waals surface area contributed by atoms with Crippen LogP contribution in [-0.4, -0.2) is 75.5 Å². The van der Waals surface area contributed by atoms with E-state index in [1.165, 1.54) is 20.3 Å². The Morgan fingerprint density at radius 1 is 0.915 bits per heavy atom. The molecule has 3 N–H and O–H groups in total. The Bertz CT molecular complexity index is 1370. The normalized spacial score (nSPS) is 14.4. The fourth-order valence-electron chi connectivity index (χ4n) is 5.28. The van der Waals surface area contributed by atoms with Gasteiger partial charge in [0.1, 0.15) is 30.1 Å². The van der Waals surface area contributed by atoms with E-state index >= 15 is 0 Å². The molecule has 2 atom stereocenters. The van der Waals surface area contributed by atoms with Crippen LogP contribution in [0.1, 0.15) is 56.6 Å². The molecule has 0 unspecified atom stereocenters. The van der Waals surface area contributed by atoms with Gasteiger partial charge in [0.15, 0.2) is 0 Å². The number of hydrogen-bond donors (Lipinski definition) is 3. The van der Waals surface area contributed by atoms with Crippen LogP contribution < -0.4 is 25.4 Å². The first-order valence-electron chi connectivity index (χ1n) is 15.8. The van der Waals surface area contributed by atoms with Gasteiger partial charge in [0, 0.05) is 11.6 Å². The van der Waals surface area contributed by atoms with Crippen LogP contribution in [0.2, 0.25) is 0 Å². The summed E-state index contributed by atoms with van der Waals surface area (Å²) in [5, 5.41) is 7.66. The van der Waals surface area contributed by atoms with Gasteiger partial charge in [-0.25, -0.2) is 0 Å². The van der Waals surface area contributed by atoms with Crippen molar-refractivity contribution in [2.24, 2.45) is 5.92 Å². The maximum absolute atomic E-state index is 13.7. The highest BCUT2D eigenvalue weighted by molar-refractivity contribution is 6.38. The third kappa shape index (κ3) is 12.5. The molecule has 3 amide bonds. The highest BCUT2D eigenvalue weighted by Crippen LogP contribution is 2.28. The first kappa shape index (κ1) is 36.8. The van der Waals surface area contributed by atoms with E-state index in [1.807, 2.05) is 30.3 Å². The number of ketones is 1. The molecule has 1 aliphatic rings. The molecule has 2 aromatic rings. The number of esters is 1. The molecule has 47 heavy (non-hydrogen) atoms. The predicted molar refractivity (Wildman–Crippen MR) is 174 cm³/mol. The number of benzene rings is 2. The Labute approximate surface area is 275 Å². The zero-order valence-electron chi connectivity index (χ0n) is 27.3. The summed E-state index contributed by atoms with van der Waals surface area (Å²) < 4.78 is 21.2. The van der Waals surface area contributed by atoms with Crippen LogP contribution in [0.25, 0.3) is 6.08 Å². The molecular formula is C35H45N3O9. The van der Waals surface area contributed by atoms with Crippen molar-refractivity contribution in [1.29, 1.82) is 0 Å². The van der Waals surface area contributed by atoms with Crippen LogP contribution >= 0.6 is 0 Å². The average molecular weight is 652 g/mol. The van der Waals surface area contributed by atoms with E-state index < -0.39 is 48.1 Å². The summed E-state index contributed by atoms with van der Waals surface area (Å²) in [4.78, 5) is 64.5. The van der Waals surface area contributed by atoms with E-state index in [-0.39, 0.29) is 25.7 Å². The number of carbonyl (C=O) groups excluding carboxylic acids is 5. The van der Waals surface area contributed by atoms with Gasteiger partial charge >= 0.3 is 5.97 Å². The lowest BCUT2D eigenvalue weighted by molar-refractivity contribution is -0.146. The first-order chi connectivity index (χ1) is 22.7. The van der Waals surface area contributed by atoms with E-state index in [4.69, 9.17) is 18.9 Å². The lowest BCUT2D eigenvalue weighted by Gasteiger charge is -2.27. The maximum atomic E-state index is 13.7. The van der Waals surface area contributed by atoms with E-state index in [9.17, 15) is 24.0 Å². The number of Topliss-reactive ketones (excluding diaryl/α,β-unsaturated/α-hetero) is 1. The molecule has 0 aromatic heterocycles. The lowest BCUT2D eigenvalue weighted by atomic mass is 9.84. The maximum Gasteiger partial charge on any atom is 0.325 e. The Kier molecular flexibility index (Phi) is 15.4. The molecule has 1 aliphatic carbocycles. The van der Waals surface area contributed by atoms with E-state index in [0.29, 0.717) is 23.5 Å². The van der Waals surface area contributed by atoms with Crippen molar-refractivity contribution in [3.05, 3.63) is 65.7 Å². The van der Waals surface area contributed by atoms with E-state index in [0.717, 1.165) is 37.7 Å². The summed E-state index contributed by atoms with van der Waals surface area (Å²) >= 11 is 0. The third-order valence-corrected chi connectivity index (χ3v) is 7.73. The van der Waals surface area contributed by atoms with E-state index in [1.54, 1.807) is 31.2 Å². The minimum atomic E-state index is -1.38. The van der Waals surface area contributed by atoms with Crippen LogP contribution in [-0.2, 0) is 40.1 Å². The van der Waals surface area contributed by atoms with Crippen molar-refractivity contribution in [2.75, 3.05) is 34.0 Å². The molecule has 2 aromatic carbocycles. The standard InChI is InChI=1S/C35H45N3O9/c1-4-47-32(40)21-36-35(43)33(41)29(23-46-22-25-13-9-6-10-14-25)38-34(42)28(19-24-11-7-5-8-12-24)37-31(39)18-15-26-20-27(44-2)16-17-30(26)45-3/h6,9-10,13-18,20,24,28-29H,4-5,7-8,11-12,19,21-23H2,1-3H3,(H,36,43)(H,37,39)(H,38,42)/b18-15+/t28-,29-/m0/s1. The fourth-order valence-corrected chi connectivity index (χ4v) is 5.28. The van der Waals surface area contributed by atoms with Gasteiger partial charge in [0.2, 0.25) is 17.6 Å². The van der Waals surface area contributed by atoms with Crippen molar-refractivity contribution < 1.29 is 42.9 Å². The largest absolute Gasteiger partial charge is 0.497 e. The highest BCUT2D eigenvalue weighted by Gasteiger charge is 2.32. The Hall–Kier alpha value is -4.71. The van der Waals surface area contributed by atoms with Gasteiger partial charge in [-0.15, -0.1) is 0 Å². The first-order valence-corrected chi connectivity index (χ1v) is 15.8. The molecule has 0 radical (unpaired) electrons. The van der Waals surface area contributed by atoms with E-state index in [2.05, 4.69) is 16.0 Å². The topological polar surface area (TPSA) is 158 Å². The Morgan fingerprint density at radius 3 is 2.34 bits per heavy atom. The molecule has 254 valence electrons. The number of hydrogen-bond acceptors (Lipinski definition) is 9. The van der Waals surface area contributed by atoms with Gasteiger partial charge < -0.3 is 34.9 Å². The molecule has 0 aliphatic heterocycles. The molecule has 0 spiro atoms. The summed E-state index contributed by atoms with van der Waals surface area (Å²) in [5.74, 6) is -2.63. The smallest absolute Gasteiger partial charge is 0.325 e. The second-order valence-corrected chi connectivity index (χ2v) is 11.2. The second-order valence-electron chi connectivity index (χ2n) is 11.2. The lowest BCUT2D eigenvalue weighted by Crippen LogP contribution is -2.55. The molecule has 12 nitrogen and oxygen atoms in total. The highest BCUT2D eigenvalue weighted by atomic mass is 16.5. The van der Waals surface area contributed by atoms with Crippen LogP contribution in [0.15, 0.2) is 54.6 Å². The zero-order valence-corrected chi connectivity index (χ0v) is 27.3. The minimum absolute atomic E-state index is 0.116. The van der Waals surface area contributed by atoms with Gasteiger partial charge in [-0.2, -0.15) is 0 Å². The Morgan fingerprint density at radius 2 is 1.66 bits per heavy atom. The molecule has 12 heteroatoms. The van der Waals surface area contributed by atoms with Crippen LogP contribution in [0.3, 0.4) is 0 Å². The Balaban J connectivity index is 1.77. The van der Waals surface area contributed by atoms with Gasteiger partial charge in [0.05, 0.1) is 34.0 Å². The number of rotatable bonds is 18. The summed E-state index contributed by atoms with van der Waals surface area (Å²) in [6.45, 7) is 1.05. The van der Waals surface area contributed by atoms with Gasteiger partial charge in [-0.05, 0) is 49.1 Å². The molecule has 0 bridgehead atoms. The van der Waals surface area contributed by atoms with Crippen molar-refractivity contribution in [2.45, 2.75) is 64.1 Å². The fraction of sp³-hybridized carbons (Fsp3) is 0.457. The molecule has 0 saturated heterocycles. The van der Waals surface area contributed by atoms with Gasteiger partial charge in [-0.3, -0.25) is 24.0 Å². The molecule has 0 heterocycles. The molecule has 1 fully saturated rings. The third-order valence-electron chi connectivity index (χ3n) is 7.73. The van der Waals surface area contributed by atoms with Crippen molar-refractivity contribution in [3.63, 3.8) is 0 Å².